The van der Waals surface area contributed by atoms with E-state index in [4.69, 9.17) is 0 Å². The normalized spacial score (nSPS) is 16.1. The average Bonchev–Trinajstić information content (AvgIpc) is 2.91. The van der Waals surface area contributed by atoms with Crippen molar-refractivity contribution in [2.45, 2.75) is 13.3 Å². The number of rotatable bonds is 4. The lowest BCUT2D eigenvalue weighted by atomic mass is 10.00. The van der Waals surface area contributed by atoms with Gasteiger partial charge in [0.15, 0.2) is 5.78 Å². The van der Waals surface area contributed by atoms with E-state index in [1.807, 2.05) is 12.1 Å². The molecule has 1 heterocycles. The molecule has 3 rings (SSSR count). The zero-order chi connectivity index (χ0) is 17.1. The Hall–Kier alpha value is -3.21. The molecule has 0 atom stereocenters. The SMILES string of the molecule is C/C(CC(=O)c1ccccc1)=C1/C(=O)NN(c2ccccc2)C1=O. The molecule has 0 bridgehead atoms. The van der Waals surface area contributed by atoms with E-state index in [0.717, 1.165) is 0 Å². The Bertz CT molecular complexity index is 826. The second-order valence-corrected chi connectivity index (χ2v) is 5.54. The lowest BCUT2D eigenvalue weighted by molar-refractivity contribution is -0.117. The summed E-state index contributed by atoms with van der Waals surface area (Å²) in [6.45, 7) is 1.64. The lowest BCUT2D eigenvalue weighted by Gasteiger charge is -2.14. The Labute approximate surface area is 139 Å². The Morgan fingerprint density at radius 3 is 2.17 bits per heavy atom. The summed E-state index contributed by atoms with van der Waals surface area (Å²) in [5.74, 6) is -1.05. The van der Waals surface area contributed by atoms with E-state index in [2.05, 4.69) is 5.43 Å². The highest BCUT2D eigenvalue weighted by atomic mass is 16.2. The summed E-state index contributed by atoms with van der Waals surface area (Å²) in [6, 6.07) is 17.7. The van der Waals surface area contributed by atoms with E-state index in [-0.39, 0.29) is 17.8 Å². The molecule has 0 unspecified atom stereocenters. The van der Waals surface area contributed by atoms with E-state index in [1.54, 1.807) is 55.5 Å². The van der Waals surface area contributed by atoms with Crippen molar-refractivity contribution < 1.29 is 14.4 Å². The number of nitrogens with zero attached hydrogens (tertiary/aromatic N) is 1. The Morgan fingerprint density at radius 1 is 0.958 bits per heavy atom. The largest absolute Gasteiger partial charge is 0.294 e. The molecule has 1 fully saturated rings. The number of nitrogens with one attached hydrogen (secondary N) is 1. The first-order valence-corrected chi connectivity index (χ1v) is 7.56. The van der Waals surface area contributed by atoms with Crippen LogP contribution in [0.5, 0.6) is 0 Å². The first kappa shape index (κ1) is 15.7. The van der Waals surface area contributed by atoms with Crippen molar-refractivity contribution in [2.75, 3.05) is 5.01 Å². The van der Waals surface area contributed by atoms with Crippen LogP contribution in [0, 0.1) is 0 Å². The van der Waals surface area contributed by atoms with E-state index >= 15 is 0 Å². The molecule has 120 valence electrons. The standard InChI is InChI=1S/C19H16N2O3/c1-13(12-16(22)14-8-4-2-5-9-14)17-18(23)20-21(19(17)24)15-10-6-3-7-11-15/h2-11H,12H2,1H3,(H,20,23)/b17-13+. The second-order valence-electron chi connectivity index (χ2n) is 5.54. The van der Waals surface area contributed by atoms with Crippen LogP contribution in [0.3, 0.4) is 0 Å². The van der Waals surface area contributed by atoms with Crippen LogP contribution in [0.2, 0.25) is 0 Å². The van der Waals surface area contributed by atoms with Gasteiger partial charge in [-0.1, -0.05) is 48.5 Å². The molecule has 2 amide bonds. The second kappa shape index (κ2) is 6.50. The van der Waals surface area contributed by atoms with E-state index in [0.29, 0.717) is 16.8 Å². The summed E-state index contributed by atoms with van der Waals surface area (Å²) in [7, 11) is 0. The molecule has 24 heavy (non-hydrogen) atoms. The maximum atomic E-state index is 12.5. The fraction of sp³-hybridized carbons (Fsp3) is 0.105. The van der Waals surface area contributed by atoms with Gasteiger partial charge in [0.25, 0.3) is 11.8 Å². The summed E-state index contributed by atoms with van der Waals surface area (Å²) >= 11 is 0. The van der Waals surface area contributed by atoms with Crippen molar-refractivity contribution >= 4 is 23.3 Å². The van der Waals surface area contributed by atoms with Crippen LogP contribution in [0.1, 0.15) is 23.7 Å². The third-order valence-corrected chi connectivity index (χ3v) is 3.82. The number of Topliss-reactive ketones (excluding diaryl/α,β-unsaturated/α-hetero) is 1. The zero-order valence-electron chi connectivity index (χ0n) is 13.2. The Morgan fingerprint density at radius 2 is 1.54 bits per heavy atom. The van der Waals surface area contributed by atoms with Gasteiger partial charge in [0.2, 0.25) is 0 Å². The molecule has 5 heteroatoms. The molecule has 1 aliphatic heterocycles. The van der Waals surface area contributed by atoms with Gasteiger partial charge in [-0.2, -0.15) is 0 Å². The quantitative estimate of drug-likeness (QED) is 0.535. The van der Waals surface area contributed by atoms with E-state index in [1.165, 1.54) is 5.01 Å². The van der Waals surface area contributed by atoms with Crippen molar-refractivity contribution in [1.29, 1.82) is 0 Å². The molecule has 1 aliphatic rings. The predicted molar refractivity (Wildman–Crippen MR) is 90.2 cm³/mol. The number of hydrogen-bond acceptors (Lipinski definition) is 3. The number of hydrogen-bond donors (Lipinski definition) is 1. The molecule has 2 aromatic carbocycles. The highest BCUT2D eigenvalue weighted by Gasteiger charge is 2.36. The highest BCUT2D eigenvalue weighted by molar-refractivity contribution is 6.30. The summed E-state index contributed by atoms with van der Waals surface area (Å²) in [4.78, 5) is 37.0. The number of ketones is 1. The molecular weight excluding hydrogens is 304 g/mol. The van der Waals surface area contributed by atoms with Gasteiger partial charge in [0.05, 0.1) is 5.69 Å². The van der Waals surface area contributed by atoms with Gasteiger partial charge in [-0.15, -0.1) is 0 Å². The van der Waals surface area contributed by atoms with E-state index < -0.39 is 11.8 Å². The molecule has 0 aromatic heterocycles. The van der Waals surface area contributed by atoms with Crippen molar-refractivity contribution in [3.05, 3.63) is 77.4 Å². The number of amides is 2. The van der Waals surface area contributed by atoms with Gasteiger partial charge >= 0.3 is 0 Å². The number of anilines is 1. The number of carbonyl (C=O) groups excluding carboxylic acids is 3. The number of hydrazine groups is 1. The van der Waals surface area contributed by atoms with Crippen LogP contribution in [-0.4, -0.2) is 17.6 Å². The molecule has 0 saturated carbocycles. The fourth-order valence-corrected chi connectivity index (χ4v) is 2.61. The zero-order valence-corrected chi connectivity index (χ0v) is 13.2. The minimum Gasteiger partial charge on any atom is -0.294 e. The van der Waals surface area contributed by atoms with Crippen molar-refractivity contribution in [2.24, 2.45) is 0 Å². The third kappa shape index (κ3) is 2.96. The Balaban J connectivity index is 1.85. The molecule has 0 spiro atoms. The van der Waals surface area contributed by atoms with Gasteiger partial charge in [-0.05, 0) is 24.6 Å². The predicted octanol–water partition coefficient (Wildman–Crippen LogP) is 2.65. The molecule has 0 radical (unpaired) electrons. The molecular formula is C19H16N2O3. The molecule has 1 saturated heterocycles. The molecule has 1 N–H and O–H groups in total. The van der Waals surface area contributed by atoms with Crippen LogP contribution >= 0.6 is 0 Å². The van der Waals surface area contributed by atoms with Gasteiger partial charge < -0.3 is 0 Å². The van der Waals surface area contributed by atoms with E-state index in [9.17, 15) is 14.4 Å². The monoisotopic (exact) mass is 320 g/mol. The van der Waals surface area contributed by atoms with Crippen molar-refractivity contribution in [3.63, 3.8) is 0 Å². The van der Waals surface area contributed by atoms with Crippen molar-refractivity contribution in [1.82, 2.24) is 5.43 Å². The van der Waals surface area contributed by atoms with Crippen LogP contribution in [0.4, 0.5) is 5.69 Å². The Kier molecular flexibility index (Phi) is 4.24. The topological polar surface area (TPSA) is 66.5 Å². The number of benzene rings is 2. The number of allylic oxidation sites excluding steroid dienone is 1. The summed E-state index contributed by atoms with van der Waals surface area (Å²) in [5, 5.41) is 1.20. The maximum Gasteiger partial charge on any atom is 0.282 e. The lowest BCUT2D eigenvalue weighted by Crippen LogP contribution is -2.35. The highest BCUT2D eigenvalue weighted by Crippen LogP contribution is 2.23. The summed E-state index contributed by atoms with van der Waals surface area (Å²) in [5.41, 5.74) is 4.17. The first-order valence-electron chi connectivity index (χ1n) is 7.56. The van der Waals surface area contributed by atoms with Gasteiger partial charge in [-0.25, -0.2) is 5.01 Å². The van der Waals surface area contributed by atoms with Crippen molar-refractivity contribution in [3.8, 4) is 0 Å². The fourth-order valence-electron chi connectivity index (χ4n) is 2.61. The maximum absolute atomic E-state index is 12.5. The summed E-state index contributed by atoms with van der Waals surface area (Å²) in [6.07, 6.45) is 0.0289. The molecule has 2 aromatic rings. The summed E-state index contributed by atoms with van der Waals surface area (Å²) < 4.78 is 0. The van der Waals surface area contributed by atoms with Gasteiger partial charge in [0, 0.05) is 12.0 Å². The van der Waals surface area contributed by atoms with Crippen LogP contribution < -0.4 is 10.4 Å². The number of carbonyl (C=O) groups is 3. The van der Waals surface area contributed by atoms with Crippen LogP contribution in [0.25, 0.3) is 0 Å². The average molecular weight is 320 g/mol. The third-order valence-electron chi connectivity index (χ3n) is 3.82. The molecule has 0 aliphatic carbocycles. The smallest absolute Gasteiger partial charge is 0.282 e. The van der Waals surface area contributed by atoms with Crippen LogP contribution in [0.15, 0.2) is 71.8 Å². The van der Waals surface area contributed by atoms with Gasteiger partial charge in [-0.3, -0.25) is 19.8 Å². The minimum absolute atomic E-state index is 0.0289. The molecule has 5 nitrogen and oxygen atoms in total. The minimum atomic E-state index is -0.484. The number of para-hydroxylation sites is 1. The first-order chi connectivity index (χ1) is 11.6. The van der Waals surface area contributed by atoms with Gasteiger partial charge in [0.1, 0.15) is 5.57 Å². The van der Waals surface area contributed by atoms with Crippen LogP contribution in [-0.2, 0) is 9.59 Å².